The Morgan fingerprint density at radius 1 is 1.18 bits per heavy atom. The molecule has 2 unspecified atom stereocenters. The number of hydrogen-bond acceptors (Lipinski definition) is 4. The molecule has 1 N–H and O–H groups in total. The molecule has 1 aliphatic heterocycles. The molecule has 0 bridgehead atoms. The molecule has 0 aromatic heterocycles. The van der Waals surface area contributed by atoms with Gasteiger partial charge in [-0.2, -0.15) is 0 Å². The highest BCUT2D eigenvalue weighted by molar-refractivity contribution is 6.67. The second kappa shape index (κ2) is 10.8. The van der Waals surface area contributed by atoms with Gasteiger partial charge in [0.25, 0.3) is 11.8 Å². The van der Waals surface area contributed by atoms with E-state index in [1.807, 2.05) is 0 Å². The minimum atomic E-state index is -1.62. The second-order valence-electron chi connectivity index (χ2n) is 6.09. The zero-order valence-electron chi connectivity index (χ0n) is 15.1. The molecule has 3 amide bonds. The molecule has 2 atom stereocenters. The van der Waals surface area contributed by atoms with Crippen molar-refractivity contribution in [3.8, 4) is 0 Å². The summed E-state index contributed by atoms with van der Waals surface area (Å²) >= 11 is 34.7. The van der Waals surface area contributed by atoms with Gasteiger partial charge in [0.2, 0.25) is 5.91 Å². The summed E-state index contributed by atoms with van der Waals surface area (Å²) in [6, 6.07) is -1.83. The Balaban J connectivity index is 3.07. The smallest absolute Gasteiger partial charge is 0.257 e. The monoisotopic (exact) mass is 514 g/mol. The van der Waals surface area contributed by atoms with E-state index in [2.05, 4.69) is 5.32 Å². The SMILES string of the molecule is CCC(=O)NC(CCC(Cl)(Cl)Cl)C(=O)N1C(=O)C=C(OC)C1CCC(Cl)(Cl)Cl. The number of methoxy groups -OCH3 is 1. The zero-order chi connectivity index (χ0) is 21.7. The summed E-state index contributed by atoms with van der Waals surface area (Å²) in [6.07, 6.45) is 1.57. The lowest BCUT2D eigenvalue weighted by Gasteiger charge is -2.30. The van der Waals surface area contributed by atoms with Gasteiger partial charge in [-0.05, 0) is 25.7 Å². The number of halogens is 6. The Bertz CT molecular complexity index is 630. The van der Waals surface area contributed by atoms with Gasteiger partial charge in [0.15, 0.2) is 7.59 Å². The predicted molar refractivity (Wildman–Crippen MR) is 112 cm³/mol. The first-order chi connectivity index (χ1) is 12.8. The van der Waals surface area contributed by atoms with Crippen molar-refractivity contribution >= 4 is 87.3 Å². The molecule has 0 aromatic rings. The van der Waals surface area contributed by atoms with E-state index in [4.69, 9.17) is 74.3 Å². The first-order valence-electron chi connectivity index (χ1n) is 8.34. The van der Waals surface area contributed by atoms with E-state index >= 15 is 0 Å². The van der Waals surface area contributed by atoms with Crippen LogP contribution in [0.1, 0.15) is 39.0 Å². The van der Waals surface area contributed by atoms with Crippen molar-refractivity contribution in [3.63, 3.8) is 0 Å². The average Bonchev–Trinajstić information content (AvgIpc) is 2.89. The average molecular weight is 517 g/mol. The molecule has 0 saturated heterocycles. The van der Waals surface area contributed by atoms with E-state index in [0.717, 1.165) is 4.90 Å². The molecule has 0 aromatic carbocycles. The van der Waals surface area contributed by atoms with Gasteiger partial charge >= 0.3 is 0 Å². The Kier molecular flexibility index (Phi) is 9.98. The highest BCUT2D eigenvalue weighted by Crippen LogP contribution is 2.36. The van der Waals surface area contributed by atoms with E-state index < -0.39 is 31.5 Å². The van der Waals surface area contributed by atoms with Crippen LogP contribution in [0.3, 0.4) is 0 Å². The lowest BCUT2D eigenvalue weighted by atomic mass is 10.1. The predicted octanol–water partition coefficient (Wildman–Crippen LogP) is 4.45. The van der Waals surface area contributed by atoms with Crippen molar-refractivity contribution in [3.05, 3.63) is 11.8 Å². The lowest BCUT2D eigenvalue weighted by molar-refractivity contribution is -0.146. The van der Waals surface area contributed by atoms with Gasteiger partial charge in [-0.15, -0.1) is 0 Å². The van der Waals surface area contributed by atoms with Crippen molar-refractivity contribution in [2.24, 2.45) is 0 Å². The molecule has 0 spiro atoms. The summed E-state index contributed by atoms with van der Waals surface area (Å²) in [5.41, 5.74) is 0. The molecule has 0 saturated carbocycles. The zero-order valence-corrected chi connectivity index (χ0v) is 19.7. The highest BCUT2D eigenvalue weighted by Gasteiger charge is 2.42. The molecule has 0 radical (unpaired) electrons. The van der Waals surface area contributed by atoms with E-state index in [-0.39, 0.29) is 43.8 Å². The first-order valence-corrected chi connectivity index (χ1v) is 10.6. The molecule has 1 aliphatic rings. The molecule has 0 fully saturated rings. The summed E-state index contributed by atoms with van der Waals surface area (Å²) in [4.78, 5) is 38.4. The topological polar surface area (TPSA) is 75.7 Å². The van der Waals surface area contributed by atoms with Crippen LogP contribution in [0.25, 0.3) is 0 Å². The number of carbonyl (C=O) groups excluding carboxylic acids is 3. The summed E-state index contributed by atoms with van der Waals surface area (Å²) < 4.78 is 2.02. The Labute approximate surface area is 193 Å². The van der Waals surface area contributed by atoms with Crippen molar-refractivity contribution in [1.82, 2.24) is 10.2 Å². The summed E-state index contributed by atoms with van der Waals surface area (Å²) in [5.74, 6) is -1.37. The third-order valence-electron chi connectivity index (χ3n) is 3.99. The lowest BCUT2D eigenvalue weighted by Crippen LogP contribution is -2.52. The van der Waals surface area contributed by atoms with Gasteiger partial charge in [0, 0.05) is 12.5 Å². The fourth-order valence-corrected chi connectivity index (χ4v) is 3.28. The van der Waals surface area contributed by atoms with Gasteiger partial charge in [-0.3, -0.25) is 19.3 Å². The number of ether oxygens (including phenoxy) is 1. The number of rotatable bonds is 8. The van der Waals surface area contributed by atoms with E-state index in [0.29, 0.717) is 0 Å². The van der Waals surface area contributed by atoms with Gasteiger partial charge < -0.3 is 10.1 Å². The number of nitrogens with one attached hydrogen (secondary N) is 1. The number of imide groups is 1. The molecular formula is C16H20Cl6N2O4. The van der Waals surface area contributed by atoms with Crippen molar-refractivity contribution in [1.29, 1.82) is 0 Å². The van der Waals surface area contributed by atoms with Crippen LogP contribution in [0.5, 0.6) is 0 Å². The maximum Gasteiger partial charge on any atom is 0.257 e. The first kappa shape index (κ1) is 25.9. The van der Waals surface area contributed by atoms with Crippen LogP contribution >= 0.6 is 69.6 Å². The Hall–Kier alpha value is -0.110. The summed E-state index contributed by atoms with van der Waals surface area (Å²) in [5, 5.41) is 2.56. The van der Waals surface area contributed by atoms with Crippen molar-refractivity contribution in [2.75, 3.05) is 7.11 Å². The number of nitrogens with zero attached hydrogens (tertiary/aromatic N) is 1. The Morgan fingerprint density at radius 2 is 1.75 bits per heavy atom. The van der Waals surface area contributed by atoms with Gasteiger partial charge in [0.05, 0.1) is 13.2 Å². The largest absolute Gasteiger partial charge is 0.499 e. The molecule has 160 valence electrons. The van der Waals surface area contributed by atoms with Crippen LogP contribution in [-0.2, 0) is 19.1 Å². The Morgan fingerprint density at radius 3 is 2.21 bits per heavy atom. The minimum absolute atomic E-state index is 0.0104. The second-order valence-corrected chi connectivity index (χ2v) is 11.1. The molecule has 12 heteroatoms. The van der Waals surface area contributed by atoms with Gasteiger partial charge in [0.1, 0.15) is 11.8 Å². The van der Waals surface area contributed by atoms with Gasteiger partial charge in [-0.25, -0.2) is 0 Å². The molecule has 0 aliphatic carbocycles. The van der Waals surface area contributed by atoms with E-state index in [9.17, 15) is 14.4 Å². The fourth-order valence-electron chi connectivity index (χ4n) is 2.63. The summed E-state index contributed by atoms with van der Waals surface area (Å²) in [7, 11) is 1.37. The minimum Gasteiger partial charge on any atom is -0.499 e. The van der Waals surface area contributed by atoms with E-state index in [1.54, 1.807) is 6.92 Å². The molecular weight excluding hydrogens is 497 g/mol. The number of alkyl halides is 6. The maximum atomic E-state index is 13.1. The number of carbonyl (C=O) groups is 3. The van der Waals surface area contributed by atoms with Crippen LogP contribution in [0.15, 0.2) is 11.8 Å². The maximum absolute atomic E-state index is 13.1. The van der Waals surface area contributed by atoms with Crippen LogP contribution in [0.4, 0.5) is 0 Å². The molecule has 6 nitrogen and oxygen atoms in total. The third-order valence-corrected chi connectivity index (χ3v) is 5.12. The quantitative estimate of drug-likeness (QED) is 0.484. The van der Waals surface area contributed by atoms with Crippen LogP contribution < -0.4 is 5.32 Å². The van der Waals surface area contributed by atoms with Crippen LogP contribution in [0.2, 0.25) is 0 Å². The fraction of sp³-hybridized carbons (Fsp3) is 0.688. The third kappa shape index (κ3) is 8.33. The highest BCUT2D eigenvalue weighted by atomic mass is 35.6. The van der Waals surface area contributed by atoms with E-state index in [1.165, 1.54) is 13.2 Å². The number of amides is 3. The number of hydrogen-bond donors (Lipinski definition) is 1. The van der Waals surface area contributed by atoms with Gasteiger partial charge in [-0.1, -0.05) is 76.5 Å². The normalized spacial score (nSPS) is 18.7. The standard InChI is InChI=1S/C16H20Cl6N2O4/c1-3-12(25)23-9(4-6-15(17,18)19)14(27)24-10(5-7-16(20,21)22)11(28-2)8-13(24)26/h8-10H,3-7H2,1-2H3,(H,23,25). The van der Waals surface area contributed by atoms with Crippen LogP contribution in [-0.4, -0.2) is 49.4 Å². The van der Waals surface area contributed by atoms with Crippen molar-refractivity contribution < 1.29 is 19.1 Å². The molecule has 1 rings (SSSR count). The molecule has 1 heterocycles. The van der Waals surface area contributed by atoms with Crippen LogP contribution in [0, 0.1) is 0 Å². The van der Waals surface area contributed by atoms with Crippen molar-refractivity contribution in [2.45, 2.75) is 58.7 Å². The summed E-state index contributed by atoms with van der Waals surface area (Å²) in [6.45, 7) is 1.63. The molecule has 28 heavy (non-hydrogen) atoms.